The van der Waals surface area contributed by atoms with Crippen molar-refractivity contribution in [3.05, 3.63) is 59.7 Å². The second-order valence-electron chi connectivity index (χ2n) is 9.62. The summed E-state index contributed by atoms with van der Waals surface area (Å²) < 4.78 is 33.8. The summed E-state index contributed by atoms with van der Waals surface area (Å²) in [6.07, 6.45) is 0.731. The molecule has 2 aromatic rings. The Morgan fingerprint density at radius 3 is 2.11 bits per heavy atom. The molecule has 184 valence electrons. The van der Waals surface area contributed by atoms with Gasteiger partial charge >= 0.3 is 12.1 Å². The number of aliphatic carboxylic acids is 1. The fourth-order valence-corrected chi connectivity index (χ4v) is 5.28. The number of alkyl halides is 2. The Balaban J connectivity index is 1.13. The molecule has 3 aliphatic carbocycles. The third-order valence-corrected chi connectivity index (χ3v) is 7.66. The molecule has 2 aromatic carbocycles. The molecule has 3 N–H and O–H groups in total. The molecule has 7 nitrogen and oxygen atoms in total. The molecule has 35 heavy (non-hydrogen) atoms. The average molecular weight is 484 g/mol. The van der Waals surface area contributed by atoms with Gasteiger partial charge in [0.2, 0.25) is 5.91 Å². The zero-order chi connectivity index (χ0) is 24.8. The van der Waals surface area contributed by atoms with Crippen LogP contribution < -0.4 is 10.6 Å². The van der Waals surface area contributed by atoms with Crippen molar-refractivity contribution < 1.29 is 33.0 Å². The molecule has 0 radical (unpaired) electrons. The van der Waals surface area contributed by atoms with Crippen molar-refractivity contribution in [1.29, 1.82) is 0 Å². The third-order valence-electron chi connectivity index (χ3n) is 7.66. The normalized spacial score (nSPS) is 22.8. The molecule has 2 saturated carbocycles. The Bertz CT molecular complexity index is 1130. The molecule has 0 heterocycles. The number of amides is 2. The van der Waals surface area contributed by atoms with Gasteiger partial charge in [0.1, 0.15) is 12.5 Å². The van der Waals surface area contributed by atoms with Gasteiger partial charge in [-0.15, -0.1) is 0 Å². The standard InChI is InChI=1S/C26H26F2N2O5/c27-26(28)20(21(26)22(31)30-14-25(23(32)33)10-5-11-25)12-29-24(34)35-13-19-17-8-3-1-6-15(17)16-7-2-4-9-18(16)19/h1-4,6-9,19-21H,5,10-14H2,(H,29,34)(H,30,31)(H,32,33). The van der Waals surface area contributed by atoms with Crippen molar-refractivity contribution in [3.63, 3.8) is 0 Å². The van der Waals surface area contributed by atoms with Crippen molar-refractivity contribution in [1.82, 2.24) is 10.6 Å². The summed E-state index contributed by atoms with van der Waals surface area (Å²) in [5.41, 5.74) is 3.18. The number of benzene rings is 2. The molecule has 2 fully saturated rings. The van der Waals surface area contributed by atoms with Crippen molar-refractivity contribution in [2.75, 3.05) is 19.7 Å². The first-order valence-corrected chi connectivity index (χ1v) is 11.7. The number of hydrogen-bond acceptors (Lipinski definition) is 4. The highest BCUT2D eigenvalue weighted by molar-refractivity contribution is 5.85. The predicted molar refractivity (Wildman–Crippen MR) is 122 cm³/mol. The number of nitrogens with one attached hydrogen (secondary N) is 2. The maximum absolute atomic E-state index is 14.2. The highest BCUT2D eigenvalue weighted by Gasteiger charge is 2.71. The van der Waals surface area contributed by atoms with E-state index in [4.69, 9.17) is 4.74 Å². The van der Waals surface area contributed by atoms with E-state index in [0.29, 0.717) is 12.8 Å². The number of alkyl carbamates (subject to hydrolysis) is 1. The monoisotopic (exact) mass is 484 g/mol. The summed E-state index contributed by atoms with van der Waals surface area (Å²) in [4.78, 5) is 36.0. The minimum absolute atomic E-state index is 0.0576. The molecule has 0 aromatic heterocycles. The predicted octanol–water partition coefficient (Wildman–Crippen LogP) is 3.78. The van der Waals surface area contributed by atoms with Gasteiger partial charge in [-0.2, -0.15) is 0 Å². The van der Waals surface area contributed by atoms with Crippen LogP contribution in [0.5, 0.6) is 0 Å². The number of hydrogen-bond donors (Lipinski definition) is 3. The van der Waals surface area contributed by atoms with E-state index >= 15 is 0 Å². The summed E-state index contributed by atoms with van der Waals surface area (Å²) in [7, 11) is 0. The van der Waals surface area contributed by atoms with Crippen molar-refractivity contribution >= 4 is 18.0 Å². The molecule has 3 aliphatic rings. The van der Waals surface area contributed by atoms with Crippen LogP contribution in [0.2, 0.25) is 0 Å². The number of carbonyl (C=O) groups excluding carboxylic acids is 2. The third kappa shape index (κ3) is 4.02. The Labute approximate surface area is 200 Å². The number of carbonyl (C=O) groups is 3. The quantitative estimate of drug-likeness (QED) is 0.529. The van der Waals surface area contributed by atoms with Crippen LogP contribution in [0.1, 0.15) is 36.3 Å². The van der Waals surface area contributed by atoms with Gasteiger partial charge < -0.3 is 20.5 Å². The molecule has 5 rings (SSSR count). The molecule has 2 amide bonds. The van der Waals surface area contributed by atoms with E-state index in [1.54, 1.807) is 0 Å². The minimum atomic E-state index is -3.27. The van der Waals surface area contributed by atoms with Gasteiger partial charge in [0.25, 0.3) is 5.92 Å². The molecule has 9 heteroatoms. The maximum atomic E-state index is 14.2. The maximum Gasteiger partial charge on any atom is 0.407 e. The van der Waals surface area contributed by atoms with Gasteiger partial charge in [-0.05, 0) is 35.1 Å². The largest absolute Gasteiger partial charge is 0.481 e. The first-order chi connectivity index (χ1) is 16.7. The fraction of sp³-hybridized carbons (Fsp3) is 0.423. The molecule has 0 spiro atoms. The highest BCUT2D eigenvalue weighted by Crippen LogP contribution is 2.55. The molecule has 0 bridgehead atoms. The van der Waals surface area contributed by atoms with Crippen LogP contribution in [-0.2, 0) is 14.3 Å². The lowest BCUT2D eigenvalue weighted by atomic mass is 9.69. The van der Waals surface area contributed by atoms with E-state index in [2.05, 4.69) is 10.6 Å². The number of rotatable bonds is 8. The number of halogens is 2. The topological polar surface area (TPSA) is 105 Å². The van der Waals surface area contributed by atoms with E-state index in [1.165, 1.54) is 0 Å². The molecule has 0 aliphatic heterocycles. The second kappa shape index (κ2) is 8.62. The summed E-state index contributed by atoms with van der Waals surface area (Å²) in [6.45, 7) is -0.520. The van der Waals surface area contributed by atoms with Crippen LogP contribution in [0, 0.1) is 17.3 Å². The van der Waals surface area contributed by atoms with E-state index < -0.39 is 47.7 Å². The zero-order valence-corrected chi connectivity index (χ0v) is 18.9. The van der Waals surface area contributed by atoms with E-state index in [0.717, 1.165) is 28.7 Å². The Morgan fingerprint density at radius 2 is 1.57 bits per heavy atom. The average Bonchev–Trinajstić information content (AvgIpc) is 3.21. The smallest absolute Gasteiger partial charge is 0.407 e. The lowest BCUT2D eigenvalue weighted by Gasteiger charge is -2.37. The molecule has 2 unspecified atom stereocenters. The van der Waals surface area contributed by atoms with Crippen molar-refractivity contribution in [3.8, 4) is 11.1 Å². The van der Waals surface area contributed by atoms with Crippen LogP contribution in [0.15, 0.2) is 48.5 Å². The Kier molecular flexibility index (Phi) is 5.73. The van der Waals surface area contributed by atoms with E-state index in [9.17, 15) is 28.3 Å². The van der Waals surface area contributed by atoms with Crippen molar-refractivity contribution in [2.24, 2.45) is 17.3 Å². The lowest BCUT2D eigenvalue weighted by Crippen LogP contribution is -2.48. The van der Waals surface area contributed by atoms with Gasteiger partial charge in [-0.3, -0.25) is 9.59 Å². The molecule has 0 saturated heterocycles. The van der Waals surface area contributed by atoms with Gasteiger partial charge in [0.05, 0.1) is 11.3 Å². The second-order valence-corrected chi connectivity index (χ2v) is 9.62. The van der Waals surface area contributed by atoms with Gasteiger partial charge in [-0.25, -0.2) is 13.6 Å². The molecular formula is C26H26F2N2O5. The number of fused-ring (bicyclic) bond motifs is 3. The summed E-state index contributed by atoms with van der Waals surface area (Å²) in [5, 5.41) is 14.1. The van der Waals surface area contributed by atoms with Crippen molar-refractivity contribution in [2.45, 2.75) is 31.1 Å². The summed E-state index contributed by atoms with van der Waals surface area (Å²) in [5.74, 6) is -8.28. The molecular weight excluding hydrogens is 458 g/mol. The van der Waals surface area contributed by atoms with Gasteiger partial charge in [0.15, 0.2) is 0 Å². The minimum Gasteiger partial charge on any atom is -0.481 e. The number of ether oxygens (including phenoxy) is 1. The zero-order valence-electron chi connectivity index (χ0n) is 18.9. The van der Waals surface area contributed by atoms with Gasteiger partial charge in [0, 0.05) is 19.0 Å². The SMILES string of the molecule is O=C(NCC1C(C(=O)NCC2(C(=O)O)CCC2)C1(F)F)OCC1c2ccccc2-c2ccccc21. The first kappa shape index (κ1) is 23.3. The number of carboxylic acids is 1. The summed E-state index contributed by atoms with van der Waals surface area (Å²) >= 11 is 0. The van der Waals surface area contributed by atoms with E-state index in [-0.39, 0.29) is 19.1 Å². The van der Waals surface area contributed by atoms with Crippen LogP contribution in [0.4, 0.5) is 13.6 Å². The van der Waals surface area contributed by atoms with Crippen LogP contribution >= 0.6 is 0 Å². The van der Waals surface area contributed by atoms with Crippen LogP contribution in [0.3, 0.4) is 0 Å². The van der Waals surface area contributed by atoms with E-state index in [1.807, 2.05) is 48.5 Å². The summed E-state index contributed by atoms with van der Waals surface area (Å²) in [6, 6.07) is 15.7. The number of carboxylic acid groups (broad SMARTS) is 1. The lowest BCUT2D eigenvalue weighted by molar-refractivity contribution is -0.154. The molecule has 2 atom stereocenters. The Morgan fingerprint density at radius 1 is 0.971 bits per heavy atom. The Hall–Kier alpha value is -3.49. The first-order valence-electron chi connectivity index (χ1n) is 11.7. The van der Waals surface area contributed by atoms with Crippen LogP contribution in [0.25, 0.3) is 11.1 Å². The fourth-order valence-electron chi connectivity index (χ4n) is 5.28. The highest BCUT2D eigenvalue weighted by atomic mass is 19.3. The van der Waals surface area contributed by atoms with Crippen LogP contribution in [-0.4, -0.2) is 48.7 Å². The van der Waals surface area contributed by atoms with Gasteiger partial charge in [-0.1, -0.05) is 55.0 Å².